The van der Waals surface area contributed by atoms with E-state index in [0.717, 1.165) is 53.8 Å². The van der Waals surface area contributed by atoms with Crippen LogP contribution in [0.1, 0.15) is 30.9 Å². The summed E-state index contributed by atoms with van der Waals surface area (Å²) in [6, 6.07) is 21.5. The third-order valence-electron chi connectivity index (χ3n) is 5.53. The first kappa shape index (κ1) is 21.9. The number of alkyl halides is 3. The lowest BCUT2D eigenvalue weighted by molar-refractivity contribution is -0.137. The normalized spacial score (nSPS) is 11.7. The first-order valence-corrected chi connectivity index (χ1v) is 10.6. The molecule has 0 atom stereocenters. The van der Waals surface area contributed by atoms with Crippen LogP contribution in [0.2, 0.25) is 0 Å². The van der Waals surface area contributed by atoms with Crippen molar-refractivity contribution in [2.24, 2.45) is 0 Å². The molecule has 3 aromatic carbocycles. The second-order valence-electron chi connectivity index (χ2n) is 7.86. The Balaban J connectivity index is 1.80. The Morgan fingerprint density at radius 2 is 1.47 bits per heavy atom. The van der Waals surface area contributed by atoms with E-state index < -0.39 is 11.7 Å². The lowest BCUT2D eigenvalue weighted by Gasteiger charge is -2.07. The fraction of sp³-hybridized carbons (Fsp3) is 0.185. The molecule has 0 radical (unpaired) electrons. The maximum absolute atomic E-state index is 13.5. The molecular weight excluding hydrogens is 414 g/mol. The van der Waals surface area contributed by atoms with Crippen molar-refractivity contribution in [2.75, 3.05) is 0 Å². The molecule has 0 aliphatic heterocycles. The molecule has 0 saturated heterocycles. The topological polar surface area (TPSA) is 15.8 Å². The van der Waals surface area contributed by atoms with E-state index in [1.807, 2.05) is 18.2 Å². The highest BCUT2D eigenvalue weighted by molar-refractivity contribution is 5.86. The van der Waals surface area contributed by atoms with E-state index in [-0.39, 0.29) is 5.82 Å². The fourth-order valence-electron chi connectivity index (χ4n) is 3.80. The summed E-state index contributed by atoms with van der Waals surface area (Å²) in [6.07, 6.45) is -1.20. The maximum atomic E-state index is 13.5. The first-order valence-electron chi connectivity index (χ1n) is 10.6. The van der Waals surface area contributed by atoms with E-state index in [2.05, 4.69) is 24.0 Å². The quantitative estimate of drug-likeness (QED) is 0.291. The van der Waals surface area contributed by atoms with E-state index in [0.29, 0.717) is 11.3 Å². The lowest BCUT2D eigenvalue weighted by Crippen LogP contribution is -2.03. The minimum absolute atomic E-state index is 0.327. The zero-order chi connectivity index (χ0) is 22.7. The summed E-state index contributed by atoms with van der Waals surface area (Å²) < 4.78 is 52.4. The highest BCUT2D eigenvalue weighted by Crippen LogP contribution is 2.37. The number of benzene rings is 3. The van der Waals surface area contributed by atoms with Crippen molar-refractivity contribution in [3.63, 3.8) is 0 Å². The largest absolute Gasteiger partial charge is 0.416 e. The van der Waals surface area contributed by atoms with Crippen molar-refractivity contribution >= 4 is 0 Å². The fourth-order valence-corrected chi connectivity index (χ4v) is 3.80. The van der Waals surface area contributed by atoms with Crippen LogP contribution in [0.15, 0.2) is 78.9 Å². The van der Waals surface area contributed by atoms with Gasteiger partial charge in [0.1, 0.15) is 5.82 Å². The predicted octanol–water partition coefficient (Wildman–Crippen LogP) is 8.52. The Kier molecular flexibility index (Phi) is 6.17. The smallest absolute Gasteiger partial charge is 0.354 e. The monoisotopic (exact) mass is 437 g/mol. The minimum atomic E-state index is -4.38. The molecule has 0 aliphatic rings. The number of hydrogen-bond acceptors (Lipinski definition) is 0. The summed E-state index contributed by atoms with van der Waals surface area (Å²) in [4.78, 5) is 3.35. The zero-order valence-corrected chi connectivity index (χ0v) is 17.6. The van der Waals surface area contributed by atoms with E-state index in [1.165, 1.54) is 29.8 Å². The van der Waals surface area contributed by atoms with Crippen LogP contribution in [0.25, 0.3) is 33.6 Å². The molecule has 0 saturated carbocycles. The van der Waals surface area contributed by atoms with Gasteiger partial charge in [0, 0.05) is 11.3 Å². The molecule has 1 aromatic heterocycles. The van der Waals surface area contributed by atoms with Crippen molar-refractivity contribution in [3.8, 4) is 33.6 Å². The first-order chi connectivity index (χ1) is 15.3. The number of hydrogen-bond donors (Lipinski definition) is 1. The molecule has 32 heavy (non-hydrogen) atoms. The number of rotatable bonds is 6. The summed E-state index contributed by atoms with van der Waals surface area (Å²) in [5.41, 5.74) is 5.42. The summed E-state index contributed by atoms with van der Waals surface area (Å²) >= 11 is 0. The van der Waals surface area contributed by atoms with Crippen molar-refractivity contribution in [1.82, 2.24) is 4.98 Å². The second kappa shape index (κ2) is 9.03. The van der Waals surface area contributed by atoms with Crippen LogP contribution in [-0.4, -0.2) is 4.98 Å². The molecule has 0 spiro atoms. The summed E-state index contributed by atoms with van der Waals surface area (Å²) in [6.45, 7) is 2.15. The van der Waals surface area contributed by atoms with Crippen LogP contribution in [0.3, 0.4) is 0 Å². The van der Waals surface area contributed by atoms with Crippen LogP contribution in [0, 0.1) is 5.82 Å². The van der Waals surface area contributed by atoms with Gasteiger partial charge in [-0.1, -0.05) is 49.7 Å². The average molecular weight is 437 g/mol. The molecule has 1 N–H and O–H groups in total. The van der Waals surface area contributed by atoms with Gasteiger partial charge in [-0.3, -0.25) is 0 Å². The minimum Gasteiger partial charge on any atom is -0.354 e. The van der Waals surface area contributed by atoms with Gasteiger partial charge in [-0.05, 0) is 77.6 Å². The molecule has 164 valence electrons. The number of H-pyrrole nitrogens is 1. The van der Waals surface area contributed by atoms with Gasteiger partial charge in [-0.25, -0.2) is 4.39 Å². The van der Waals surface area contributed by atoms with Crippen LogP contribution >= 0.6 is 0 Å². The molecule has 0 bridgehead atoms. The molecule has 0 unspecified atom stereocenters. The van der Waals surface area contributed by atoms with Crippen molar-refractivity contribution < 1.29 is 17.6 Å². The molecule has 0 aliphatic carbocycles. The Morgan fingerprint density at radius 1 is 0.781 bits per heavy atom. The second-order valence-corrected chi connectivity index (χ2v) is 7.86. The van der Waals surface area contributed by atoms with Gasteiger partial charge in [0.15, 0.2) is 0 Å². The molecule has 4 aromatic rings. The number of halogens is 4. The zero-order valence-electron chi connectivity index (χ0n) is 17.6. The van der Waals surface area contributed by atoms with Crippen LogP contribution in [-0.2, 0) is 12.6 Å². The maximum Gasteiger partial charge on any atom is 0.416 e. The average Bonchev–Trinajstić information content (AvgIpc) is 3.23. The Hall–Kier alpha value is -3.34. The lowest BCUT2D eigenvalue weighted by atomic mass is 9.98. The van der Waals surface area contributed by atoms with Gasteiger partial charge in [0.2, 0.25) is 0 Å². The van der Waals surface area contributed by atoms with Crippen molar-refractivity contribution in [3.05, 3.63) is 95.8 Å². The highest BCUT2D eigenvalue weighted by Gasteiger charge is 2.30. The number of aromatic nitrogens is 1. The molecule has 0 fully saturated rings. The number of unbranched alkanes of at least 4 members (excludes halogenated alkanes) is 1. The molecule has 1 heterocycles. The van der Waals surface area contributed by atoms with Gasteiger partial charge < -0.3 is 4.98 Å². The van der Waals surface area contributed by atoms with Crippen molar-refractivity contribution in [2.45, 2.75) is 32.4 Å². The molecule has 5 heteroatoms. The Morgan fingerprint density at radius 3 is 2.12 bits per heavy atom. The van der Waals surface area contributed by atoms with Gasteiger partial charge in [-0.15, -0.1) is 0 Å². The standard InChI is InChI=1S/C27H23F4N/c1-2-3-5-18-6-4-7-21(16-18)24-17-25(19-8-12-22(13-9-19)27(29,30)31)32-26(24)20-10-14-23(28)15-11-20/h4,6-17,32H,2-3,5H2,1H3. The van der Waals surface area contributed by atoms with Crippen LogP contribution in [0.4, 0.5) is 17.6 Å². The SMILES string of the molecule is CCCCc1cccc(-c2cc(-c3ccc(C(F)(F)F)cc3)[nH]c2-c2ccc(F)cc2)c1. The number of aromatic amines is 1. The van der Waals surface area contributed by atoms with Crippen LogP contribution in [0.5, 0.6) is 0 Å². The Labute approximate surface area is 184 Å². The molecular formula is C27H23F4N. The third kappa shape index (κ3) is 4.77. The van der Waals surface area contributed by atoms with E-state index in [9.17, 15) is 17.6 Å². The molecule has 0 amide bonds. The van der Waals surface area contributed by atoms with Gasteiger partial charge in [0.05, 0.1) is 11.3 Å². The van der Waals surface area contributed by atoms with E-state index in [1.54, 1.807) is 12.1 Å². The molecule has 1 nitrogen and oxygen atoms in total. The third-order valence-corrected chi connectivity index (χ3v) is 5.53. The van der Waals surface area contributed by atoms with Gasteiger partial charge in [-0.2, -0.15) is 13.2 Å². The highest BCUT2D eigenvalue weighted by atomic mass is 19.4. The van der Waals surface area contributed by atoms with Gasteiger partial charge >= 0.3 is 6.18 Å². The van der Waals surface area contributed by atoms with E-state index >= 15 is 0 Å². The predicted molar refractivity (Wildman–Crippen MR) is 121 cm³/mol. The van der Waals surface area contributed by atoms with Gasteiger partial charge in [0.25, 0.3) is 0 Å². The summed E-state index contributed by atoms with van der Waals surface area (Å²) in [5, 5.41) is 0. The number of aryl methyl sites for hydroxylation is 1. The molecule has 4 rings (SSSR count). The Bertz CT molecular complexity index is 1190. The van der Waals surface area contributed by atoms with Crippen LogP contribution < -0.4 is 0 Å². The van der Waals surface area contributed by atoms with E-state index in [4.69, 9.17) is 0 Å². The summed E-state index contributed by atoms with van der Waals surface area (Å²) in [7, 11) is 0. The van der Waals surface area contributed by atoms with Crippen molar-refractivity contribution in [1.29, 1.82) is 0 Å². The summed E-state index contributed by atoms with van der Waals surface area (Å²) in [5.74, 6) is -0.327. The number of nitrogens with one attached hydrogen (secondary N) is 1.